The highest BCUT2D eigenvalue weighted by Crippen LogP contribution is 2.32. The van der Waals surface area contributed by atoms with Crippen molar-refractivity contribution in [2.24, 2.45) is 0 Å². The van der Waals surface area contributed by atoms with Crippen LogP contribution in [0.2, 0.25) is 0 Å². The number of ether oxygens (including phenoxy) is 1. The number of benzene rings is 2. The monoisotopic (exact) mass is 418 g/mol. The Balaban J connectivity index is 1.68. The lowest BCUT2D eigenvalue weighted by Crippen LogP contribution is -2.28. The SMILES string of the molecule is CC(C)(C)OC(=O)CNc1ccc(-c2nc3ccc(Br)cc3s2)cc1. The van der Waals surface area contributed by atoms with Crippen LogP contribution in [0.5, 0.6) is 0 Å². The van der Waals surface area contributed by atoms with Crippen molar-refractivity contribution in [1.82, 2.24) is 4.98 Å². The second-order valence-corrected chi connectivity index (χ2v) is 8.59. The molecule has 0 aliphatic rings. The molecule has 0 saturated carbocycles. The van der Waals surface area contributed by atoms with E-state index in [1.54, 1.807) is 11.3 Å². The Morgan fingerprint density at radius 2 is 1.92 bits per heavy atom. The first-order valence-electron chi connectivity index (χ1n) is 7.92. The number of nitrogens with one attached hydrogen (secondary N) is 1. The predicted octanol–water partition coefficient (Wildman–Crippen LogP) is 5.48. The molecule has 0 spiro atoms. The molecule has 4 nitrogen and oxygen atoms in total. The highest BCUT2D eigenvalue weighted by molar-refractivity contribution is 9.10. The molecule has 0 aliphatic heterocycles. The van der Waals surface area contributed by atoms with Crippen LogP contribution < -0.4 is 5.32 Å². The van der Waals surface area contributed by atoms with Gasteiger partial charge in [0.2, 0.25) is 0 Å². The number of nitrogens with zero attached hydrogens (tertiary/aromatic N) is 1. The molecule has 6 heteroatoms. The highest BCUT2D eigenvalue weighted by atomic mass is 79.9. The summed E-state index contributed by atoms with van der Waals surface area (Å²) in [7, 11) is 0. The van der Waals surface area contributed by atoms with Crippen molar-refractivity contribution in [2.75, 3.05) is 11.9 Å². The molecule has 2 aromatic carbocycles. The van der Waals surface area contributed by atoms with Crippen molar-refractivity contribution < 1.29 is 9.53 Å². The number of rotatable bonds is 4. The fourth-order valence-corrected chi connectivity index (χ4v) is 3.83. The van der Waals surface area contributed by atoms with Gasteiger partial charge in [-0.25, -0.2) is 4.98 Å². The number of thiazole rings is 1. The third-order valence-electron chi connectivity index (χ3n) is 3.34. The number of fused-ring (bicyclic) bond motifs is 1. The van der Waals surface area contributed by atoms with Gasteiger partial charge in [-0.05, 0) is 63.2 Å². The number of hydrogen-bond acceptors (Lipinski definition) is 5. The Morgan fingerprint density at radius 3 is 2.60 bits per heavy atom. The van der Waals surface area contributed by atoms with Crippen LogP contribution in [0, 0.1) is 0 Å². The minimum atomic E-state index is -0.468. The third kappa shape index (κ3) is 4.80. The molecular formula is C19H19BrN2O2S. The molecule has 1 N–H and O–H groups in total. The zero-order chi connectivity index (χ0) is 18.0. The van der Waals surface area contributed by atoms with Gasteiger partial charge in [0.05, 0.1) is 10.2 Å². The minimum Gasteiger partial charge on any atom is -0.459 e. The van der Waals surface area contributed by atoms with Crippen LogP contribution in [0.25, 0.3) is 20.8 Å². The number of halogens is 1. The van der Waals surface area contributed by atoms with Crippen LogP contribution in [0.3, 0.4) is 0 Å². The maximum absolute atomic E-state index is 11.8. The minimum absolute atomic E-state index is 0.145. The second kappa shape index (κ2) is 7.14. The van der Waals surface area contributed by atoms with E-state index >= 15 is 0 Å². The summed E-state index contributed by atoms with van der Waals surface area (Å²) in [4.78, 5) is 16.4. The van der Waals surface area contributed by atoms with E-state index in [9.17, 15) is 4.79 Å². The molecule has 130 valence electrons. The van der Waals surface area contributed by atoms with Crippen LogP contribution in [0.1, 0.15) is 20.8 Å². The van der Waals surface area contributed by atoms with E-state index in [2.05, 4.69) is 32.3 Å². The van der Waals surface area contributed by atoms with Gasteiger partial charge >= 0.3 is 5.97 Å². The maximum atomic E-state index is 11.8. The fourth-order valence-electron chi connectivity index (χ4n) is 2.30. The average molecular weight is 419 g/mol. The van der Waals surface area contributed by atoms with Gasteiger partial charge in [-0.1, -0.05) is 15.9 Å². The Kier molecular flexibility index (Phi) is 5.11. The zero-order valence-corrected chi connectivity index (χ0v) is 16.7. The summed E-state index contributed by atoms with van der Waals surface area (Å²) in [6, 6.07) is 14.0. The van der Waals surface area contributed by atoms with Crippen molar-refractivity contribution in [3.63, 3.8) is 0 Å². The van der Waals surface area contributed by atoms with Crippen LogP contribution in [-0.4, -0.2) is 23.1 Å². The molecule has 0 saturated heterocycles. The smallest absolute Gasteiger partial charge is 0.325 e. The second-order valence-electron chi connectivity index (χ2n) is 6.65. The maximum Gasteiger partial charge on any atom is 0.325 e. The fraction of sp³-hybridized carbons (Fsp3) is 0.263. The van der Waals surface area contributed by atoms with Gasteiger partial charge in [0.25, 0.3) is 0 Å². The van der Waals surface area contributed by atoms with Crippen molar-refractivity contribution in [2.45, 2.75) is 26.4 Å². The molecule has 25 heavy (non-hydrogen) atoms. The summed E-state index contributed by atoms with van der Waals surface area (Å²) in [6.07, 6.45) is 0. The number of esters is 1. The average Bonchev–Trinajstić information content (AvgIpc) is 2.95. The van der Waals surface area contributed by atoms with E-state index in [1.807, 2.05) is 57.2 Å². The van der Waals surface area contributed by atoms with Gasteiger partial charge in [0.15, 0.2) is 0 Å². The quantitative estimate of drug-likeness (QED) is 0.569. The van der Waals surface area contributed by atoms with Crippen LogP contribution >= 0.6 is 27.3 Å². The summed E-state index contributed by atoms with van der Waals surface area (Å²) < 4.78 is 7.48. The number of anilines is 1. The normalized spacial score (nSPS) is 11.5. The molecule has 0 atom stereocenters. The van der Waals surface area contributed by atoms with Crippen LogP contribution in [-0.2, 0) is 9.53 Å². The molecule has 0 radical (unpaired) electrons. The summed E-state index contributed by atoms with van der Waals surface area (Å²) in [6.45, 7) is 5.72. The lowest BCUT2D eigenvalue weighted by molar-refractivity contribution is -0.152. The summed E-state index contributed by atoms with van der Waals surface area (Å²) in [5.41, 5.74) is 2.46. The van der Waals surface area contributed by atoms with E-state index in [-0.39, 0.29) is 12.5 Å². The first-order valence-corrected chi connectivity index (χ1v) is 9.53. The molecule has 1 aromatic heterocycles. The van der Waals surface area contributed by atoms with E-state index in [0.29, 0.717) is 0 Å². The van der Waals surface area contributed by atoms with Crippen molar-refractivity contribution in [3.8, 4) is 10.6 Å². The van der Waals surface area contributed by atoms with Crippen molar-refractivity contribution in [1.29, 1.82) is 0 Å². The molecular weight excluding hydrogens is 400 g/mol. The Morgan fingerprint density at radius 1 is 1.20 bits per heavy atom. The van der Waals surface area contributed by atoms with Crippen molar-refractivity contribution in [3.05, 3.63) is 46.9 Å². The summed E-state index contributed by atoms with van der Waals surface area (Å²) in [5, 5.41) is 4.06. The number of carbonyl (C=O) groups is 1. The first kappa shape index (κ1) is 17.9. The number of carbonyl (C=O) groups excluding carboxylic acids is 1. The Labute approximate surface area is 159 Å². The van der Waals surface area contributed by atoms with E-state index in [4.69, 9.17) is 4.74 Å². The molecule has 0 fully saturated rings. The number of aromatic nitrogens is 1. The Bertz CT molecular complexity index is 898. The van der Waals surface area contributed by atoms with Gasteiger partial charge < -0.3 is 10.1 Å². The predicted molar refractivity (Wildman–Crippen MR) is 107 cm³/mol. The van der Waals surface area contributed by atoms with Crippen LogP contribution in [0.4, 0.5) is 5.69 Å². The zero-order valence-electron chi connectivity index (χ0n) is 14.3. The largest absolute Gasteiger partial charge is 0.459 e. The topological polar surface area (TPSA) is 51.2 Å². The third-order valence-corrected chi connectivity index (χ3v) is 4.90. The lowest BCUT2D eigenvalue weighted by atomic mass is 10.2. The standard InChI is InChI=1S/C19H19BrN2O2S/c1-19(2,3)24-17(23)11-21-14-7-4-12(5-8-14)18-22-15-9-6-13(20)10-16(15)25-18/h4-10,21H,11H2,1-3H3. The summed E-state index contributed by atoms with van der Waals surface area (Å²) in [5.74, 6) is -0.270. The molecule has 0 unspecified atom stereocenters. The molecule has 1 heterocycles. The van der Waals surface area contributed by atoms with Gasteiger partial charge in [0.1, 0.15) is 17.2 Å². The van der Waals surface area contributed by atoms with Gasteiger partial charge in [-0.2, -0.15) is 0 Å². The number of hydrogen-bond donors (Lipinski definition) is 1. The van der Waals surface area contributed by atoms with Gasteiger partial charge in [-0.15, -0.1) is 11.3 Å². The molecule has 3 rings (SSSR count). The van der Waals surface area contributed by atoms with Crippen LogP contribution in [0.15, 0.2) is 46.9 Å². The molecule has 3 aromatic rings. The summed E-state index contributed by atoms with van der Waals surface area (Å²) >= 11 is 5.15. The first-order chi connectivity index (χ1) is 11.8. The Hall–Kier alpha value is -1.92. The molecule has 0 aliphatic carbocycles. The lowest BCUT2D eigenvalue weighted by Gasteiger charge is -2.19. The van der Waals surface area contributed by atoms with E-state index < -0.39 is 5.60 Å². The molecule has 0 amide bonds. The van der Waals surface area contributed by atoms with Gasteiger partial charge in [-0.3, -0.25) is 4.79 Å². The molecule has 0 bridgehead atoms. The van der Waals surface area contributed by atoms with Crippen molar-refractivity contribution >= 4 is 49.1 Å². The van der Waals surface area contributed by atoms with E-state index in [0.717, 1.165) is 30.9 Å². The highest BCUT2D eigenvalue weighted by Gasteiger charge is 2.15. The van der Waals surface area contributed by atoms with Gasteiger partial charge in [0, 0.05) is 15.7 Å². The van der Waals surface area contributed by atoms with E-state index in [1.165, 1.54) is 0 Å².